The summed E-state index contributed by atoms with van der Waals surface area (Å²) in [4.78, 5) is 33.1. The lowest BCUT2D eigenvalue weighted by Gasteiger charge is -2.11. The van der Waals surface area contributed by atoms with Gasteiger partial charge in [-0.2, -0.15) is 0 Å². The average molecular weight is 458 g/mol. The average Bonchev–Trinajstić information content (AvgIpc) is 2.85. The lowest BCUT2D eigenvalue weighted by molar-refractivity contribution is -0.137. The number of aromatic nitrogens is 2. The number of nitrogens with zero attached hydrogens (tertiary/aromatic N) is 2. The molecule has 7 heteroatoms. The highest BCUT2D eigenvalue weighted by atomic mass is 19.1. The second kappa shape index (κ2) is 10.7. The molecule has 0 saturated carbocycles. The van der Waals surface area contributed by atoms with Gasteiger partial charge in [-0.15, -0.1) is 0 Å². The van der Waals surface area contributed by atoms with Crippen molar-refractivity contribution < 1.29 is 19.1 Å². The normalized spacial score (nSPS) is 10.9. The molecule has 2 N–H and O–H groups in total. The number of carbonyl (C=O) groups excluding carboxylic acids is 1. The molecule has 0 radical (unpaired) electrons. The Bertz CT molecular complexity index is 1310. The number of halogens is 1. The molecular formula is C27H24FN3O3. The van der Waals surface area contributed by atoms with E-state index in [1.54, 1.807) is 30.3 Å². The molecule has 1 amide bonds. The molecule has 0 unspecified atom stereocenters. The number of carbonyl (C=O) groups is 2. The van der Waals surface area contributed by atoms with Gasteiger partial charge in [-0.3, -0.25) is 9.59 Å². The van der Waals surface area contributed by atoms with Crippen LogP contribution in [-0.2, 0) is 17.8 Å². The molecule has 0 aliphatic rings. The molecule has 4 rings (SSSR count). The number of nitrogens with one attached hydrogen (secondary N) is 1. The molecule has 4 aromatic rings. The zero-order valence-electron chi connectivity index (χ0n) is 18.5. The second-order valence-corrected chi connectivity index (χ2v) is 8.00. The van der Waals surface area contributed by atoms with Crippen molar-refractivity contribution in [3.63, 3.8) is 0 Å². The van der Waals surface area contributed by atoms with Crippen LogP contribution in [0.3, 0.4) is 0 Å². The van der Waals surface area contributed by atoms with Gasteiger partial charge >= 0.3 is 5.97 Å². The van der Waals surface area contributed by atoms with Crippen molar-refractivity contribution >= 4 is 22.9 Å². The fraction of sp³-hybridized carbons (Fsp3) is 0.185. The lowest BCUT2D eigenvalue weighted by Crippen LogP contribution is -2.22. The molecule has 1 heterocycles. The smallest absolute Gasteiger partial charge is 0.303 e. The van der Waals surface area contributed by atoms with Crippen LogP contribution in [-0.4, -0.2) is 27.0 Å². The van der Waals surface area contributed by atoms with Gasteiger partial charge in [0.15, 0.2) is 0 Å². The van der Waals surface area contributed by atoms with Crippen LogP contribution < -0.4 is 5.32 Å². The quantitative estimate of drug-likeness (QED) is 0.339. The largest absolute Gasteiger partial charge is 0.481 e. The molecular weight excluding hydrogens is 433 g/mol. The highest BCUT2D eigenvalue weighted by molar-refractivity contribution is 5.97. The molecule has 0 atom stereocenters. The van der Waals surface area contributed by atoms with E-state index in [0.717, 1.165) is 11.1 Å². The number of carboxylic acid groups (broad SMARTS) is 1. The van der Waals surface area contributed by atoms with Gasteiger partial charge in [0.1, 0.15) is 5.82 Å². The summed E-state index contributed by atoms with van der Waals surface area (Å²) >= 11 is 0. The Morgan fingerprint density at radius 1 is 0.882 bits per heavy atom. The summed E-state index contributed by atoms with van der Waals surface area (Å²) in [7, 11) is 0. The second-order valence-electron chi connectivity index (χ2n) is 8.00. The Hall–Kier alpha value is -4.13. The number of carboxylic acids is 1. The zero-order chi connectivity index (χ0) is 23.9. The Balaban J connectivity index is 1.61. The van der Waals surface area contributed by atoms with Crippen LogP contribution in [0.2, 0.25) is 0 Å². The summed E-state index contributed by atoms with van der Waals surface area (Å²) < 4.78 is 13.4. The summed E-state index contributed by atoms with van der Waals surface area (Å²) in [6.07, 6.45) is 1.74. The monoisotopic (exact) mass is 457 g/mol. The van der Waals surface area contributed by atoms with Gasteiger partial charge in [0, 0.05) is 24.1 Å². The van der Waals surface area contributed by atoms with Crippen molar-refractivity contribution in [3.8, 4) is 11.3 Å². The van der Waals surface area contributed by atoms with Gasteiger partial charge in [0.25, 0.3) is 5.91 Å². The first-order valence-corrected chi connectivity index (χ1v) is 11.1. The number of benzene rings is 3. The van der Waals surface area contributed by atoms with E-state index in [2.05, 4.69) is 5.32 Å². The number of fused-ring (bicyclic) bond motifs is 1. The van der Waals surface area contributed by atoms with Crippen molar-refractivity contribution in [2.24, 2.45) is 0 Å². The molecule has 0 fully saturated rings. The van der Waals surface area contributed by atoms with Crippen molar-refractivity contribution in [1.29, 1.82) is 0 Å². The first-order valence-electron chi connectivity index (χ1n) is 11.1. The van der Waals surface area contributed by atoms with Crippen LogP contribution in [0.25, 0.3) is 22.3 Å². The molecule has 0 aliphatic heterocycles. The molecule has 6 nitrogen and oxygen atoms in total. The van der Waals surface area contributed by atoms with Crippen molar-refractivity contribution in [3.05, 3.63) is 95.4 Å². The van der Waals surface area contributed by atoms with E-state index < -0.39 is 5.97 Å². The first-order chi connectivity index (χ1) is 16.5. The SMILES string of the molecule is O=C(O)CCCCc1nc2cc(C(=O)NCc3ccccc3)ccc2nc1-c1ccc(F)cc1. The lowest BCUT2D eigenvalue weighted by atomic mass is 10.0. The maximum absolute atomic E-state index is 13.4. The standard InChI is InChI=1S/C27H24FN3O3/c28-21-13-10-19(11-14-21)26-23(8-4-5-9-25(32)33)30-24-16-20(12-15-22(24)31-26)27(34)29-17-18-6-2-1-3-7-18/h1-3,6-7,10-16H,4-5,8-9,17H2,(H,29,34)(H,32,33). The van der Waals surface area contributed by atoms with Crippen molar-refractivity contribution in [2.45, 2.75) is 32.2 Å². The summed E-state index contributed by atoms with van der Waals surface area (Å²) in [5.41, 5.74) is 4.72. The molecule has 3 aromatic carbocycles. The predicted molar refractivity (Wildman–Crippen MR) is 128 cm³/mol. The molecule has 1 aromatic heterocycles. The minimum atomic E-state index is -0.838. The molecule has 0 saturated heterocycles. The van der Waals surface area contributed by atoms with E-state index in [1.807, 2.05) is 30.3 Å². The van der Waals surface area contributed by atoms with Crippen LogP contribution in [0.4, 0.5) is 4.39 Å². The van der Waals surface area contributed by atoms with Gasteiger partial charge in [0.2, 0.25) is 0 Å². The molecule has 0 bridgehead atoms. The van der Waals surface area contributed by atoms with E-state index in [1.165, 1.54) is 12.1 Å². The Kier molecular flexibility index (Phi) is 7.22. The number of hydrogen-bond acceptors (Lipinski definition) is 4. The fourth-order valence-electron chi connectivity index (χ4n) is 3.69. The number of unbranched alkanes of at least 4 members (excludes halogenated alkanes) is 1. The Labute approximate surface area is 196 Å². The van der Waals surface area contributed by atoms with Gasteiger partial charge in [-0.25, -0.2) is 14.4 Å². The fourth-order valence-corrected chi connectivity index (χ4v) is 3.69. The predicted octanol–water partition coefficient (Wildman–Crippen LogP) is 5.16. The number of aryl methyl sites for hydroxylation is 1. The van der Waals surface area contributed by atoms with E-state index >= 15 is 0 Å². The van der Waals surface area contributed by atoms with E-state index in [4.69, 9.17) is 15.1 Å². The maximum atomic E-state index is 13.4. The van der Waals surface area contributed by atoms with Crippen LogP contribution in [0.1, 0.15) is 40.9 Å². The minimum absolute atomic E-state index is 0.0820. The highest BCUT2D eigenvalue weighted by Crippen LogP contribution is 2.26. The van der Waals surface area contributed by atoms with Crippen LogP contribution >= 0.6 is 0 Å². The Morgan fingerprint density at radius 2 is 1.65 bits per heavy atom. The van der Waals surface area contributed by atoms with Crippen LogP contribution in [0.5, 0.6) is 0 Å². The third-order valence-corrected chi connectivity index (χ3v) is 5.47. The van der Waals surface area contributed by atoms with Gasteiger partial charge in [0.05, 0.1) is 22.4 Å². The van der Waals surface area contributed by atoms with E-state index in [9.17, 15) is 14.0 Å². The summed E-state index contributed by atoms with van der Waals surface area (Å²) in [6.45, 7) is 0.418. The zero-order valence-corrected chi connectivity index (χ0v) is 18.5. The number of hydrogen-bond donors (Lipinski definition) is 2. The maximum Gasteiger partial charge on any atom is 0.303 e. The van der Waals surface area contributed by atoms with Gasteiger partial charge in [-0.05, 0) is 67.3 Å². The third kappa shape index (κ3) is 5.81. The summed E-state index contributed by atoms with van der Waals surface area (Å²) in [5, 5.41) is 11.8. The number of rotatable bonds is 9. The summed E-state index contributed by atoms with van der Waals surface area (Å²) in [5.74, 6) is -1.39. The van der Waals surface area contributed by atoms with Gasteiger partial charge in [-0.1, -0.05) is 30.3 Å². The van der Waals surface area contributed by atoms with Crippen LogP contribution in [0.15, 0.2) is 72.8 Å². The highest BCUT2D eigenvalue weighted by Gasteiger charge is 2.14. The van der Waals surface area contributed by atoms with E-state index in [-0.39, 0.29) is 18.1 Å². The van der Waals surface area contributed by atoms with Crippen molar-refractivity contribution in [2.75, 3.05) is 0 Å². The molecule has 0 spiro atoms. The van der Waals surface area contributed by atoms with Gasteiger partial charge < -0.3 is 10.4 Å². The molecule has 0 aliphatic carbocycles. The third-order valence-electron chi connectivity index (χ3n) is 5.47. The van der Waals surface area contributed by atoms with Crippen LogP contribution in [0, 0.1) is 5.82 Å². The first kappa shape index (κ1) is 23.0. The summed E-state index contributed by atoms with van der Waals surface area (Å²) in [6, 6.07) is 20.9. The molecule has 172 valence electrons. The molecule has 34 heavy (non-hydrogen) atoms. The number of aliphatic carboxylic acids is 1. The minimum Gasteiger partial charge on any atom is -0.481 e. The Morgan fingerprint density at radius 3 is 2.38 bits per heavy atom. The van der Waals surface area contributed by atoms with E-state index in [0.29, 0.717) is 53.8 Å². The topological polar surface area (TPSA) is 92.2 Å². The van der Waals surface area contributed by atoms with Crippen molar-refractivity contribution in [1.82, 2.24) is 15.3 Å². The number of amides is 1.